The molecular formula is C32H38ClN3O4S. The molecule has 0 spiro atoms. The summed E-state index contributed by atoms with van der Waals surface area (Å²) in [5, 5.41) is 3.69. The molecule has 4 rings (SSSR count). The number of nitrogens with zero attached hydrogens (tertiary/aromatic N) is 2. The molecule has 1 atom stereocenters. The Labute approximate surface area is 248 Å². The summed E-state index contributed by atoms with van der Waals surface area (Å²) in [6, 6.07) is 20.0. The van der Waals surface area contributed by atoms with Crippen LogP contribution in [0.2, 0.25) is 5.02 Å². The van der Waals surface area contributed by atoms with Gasteiger partial charge in [-0.25, -0.2) is 8.42 Å². The number of benzene rings is 3. The number of hydrogen-bond donors (Lipinski definition) is 1. The Bertz CT molecular complexity index is 1440. The second kappa shape index (κ2) is 13.5. The van der Waals surface area contributed by atoms with Crippen LogP contribution in [0.5, 0.6) is 0 Å². The molecule has 0 saturated heterocycles. The van der Waals surface area contributed by atoms with Crippen LogP contribution in [0.25, 0.3) is 0 Å². The van der Waals surface area contributed by atoms with Crippen LogP contribution in [-0.2, 0) is 26.2 Å². The van der Waals surface area contributed by atoms with E-state index >= 15 is 0 Å². The highest BCUT2D eigenvalue weighted by Crippen LogP contribution is 2.27. The normalized spacial score (nSPS) is 14.4. The van der Waals surface area contributed by atoms with Crippen molar-refractivity contribution in [2.24, 2.45) is 0 Å². The molecular weight excluding hydrogens is 558 g/mol. The summed E-state index contributed by atoms with van der Waals surface area (Å²) in [7, 11) is -4.10. The summed E-state index contributed by atoms with van der Waals surface area (Å²) < 4.78 is 29.1. The van der Waals surface area contributed by atoms with E-state index in [9.17, 15) is 18.0 Å². The monoisotopic (exact) mass is 595 g/mol. The van der Waals surface area contributed by atoms with Crippen LogP contribution in [0.3, 0.4) is 0 Å². The van der Waals surface area contributed by atoms with Crippen LogP contribution >= 0.6 is 11.6 Å². The minimum atomic E-state index is -4.10. The smallest absolute Gasteiger partial charge is 0.264 e. The first-order chi connectivity index (χ1) is 19.6. The fourth-order valence-electron chi connectivity index (χ4n) is 5.42. The van der Waals surface area contributed by atoms with E-state index in [-0.39, 0.29) is 23.4 Å². The second-order valence-corrected chi connectivity index (χ2v) is 13.0. The number of rotatable bonds is 11. The molecule has 0 heterocycles. The molecule has 3 aromatic rings. The number of halogens is 1. The maximum Gasteiger partial charge on any atom is 0.264 e. The van der Waals surface area contributed by atoms with E-state index in [2.05, 4.69) is 5.32 Å². The number of amides is 2. The Balaban J connectivity index is 1.72. The molecule has 1 aliphatic rings. The van der Waals surface area contributed by atoms with Gasteiger partial charge in [0.2, 0.25) is 11.8 Å². The molecule has 0 unspecified atom stereocenters. The van der Waals surface area contributed by atoms with E-state index in [1.807, 2.05) is 39.0 Å². The summed E-state index contributed by atoms with van der Waals surface area (Å²) in [4.78, 5) is 29.3. The average Bonchev–Trinajstić information content (AvgIpc) is 3.45. The van der Waals surface area contributed by atoms with Crippen molar-refractivity contribution in [1.29, 1.82) is 0 Å². The fourth-order valence-corrected chi connectivity index (χ4v) is 6.96. The van der Waals surface area contributed by atoms with Gasteiger partial charge in [0.05, 0.1) is 10.6 Å². The first-order valence-corrected chi connectivity index (χ1v) is 15.9. The van der Waals surface area contributed by atoms with Gasteiger partial charge in [0, 0.05) is 17.6 Å². The summed E-state index contributed by atoms with van der Waals surface area (Å²) in [5.74, 6) is -0.683. The number of hydrogen-bond acceptors (Lipinski definition) is 4. The van der Waals surface area contributed by atoms with Gasteiger partial charge in [0.15, 0.2) is 0 Å². The van der Waals surface area contributed by atoms with Gasteiger partial charge in [-0.3, -0.25) is 13.9 Å². The third kappa shape index (κ3) is 7.68. The molecule has 0 bridgehead atoms. The van der Waals surface area contributed by atoms with E-state index in [0.717, 1.165) is 46.7 Å². The standard InChI is InChI=1S/C32H38ClN3O4S/c1-4-30(32(38)34-27-10-8-9-11-27)35(21-25-14-16-26(33)17-15-25)31(37)22-36(28-19-23(2)18-24(3)20-28)41(39,40)29-12-6-5-7-13-29/h5-7,12-20,27,30H,4,8-11,21-22H2,1-3H3,(H,34,38)/t30-/m1/s1. The van der Waals surface area contributed by atoms with Crippen molar-refractivity contribution in [2.45, 2.75) is 76.4 Å². The van der Waals surface area contributed by atoms with Gasteiger partial charge < -0.3 is 10.2 Å². The van der Waals surface area contributed by atoms with Gasteiger partial charge in [0.25, 0.3) is 10.0 Å². The third-order valence-electron chi connectivity index (χ3n) is 7.46. The highest BCUT2D eigenvalue weighted by molar-refractivity contribution is 7.92. The number of aryl methyl sites for hydroxylation is 2. The lowest BCUT2D eigenvalue weighted by molar-refractivity contribution is -0.140. The Hall–Kier alpha value is -3.36. The first-order valence-electron chi connectivity index (χ1n) is 14.1. The van der Waals surface area contributed by atoms with Gasteiger partial charge in [-0.1, -0.05) is 67.8 Å². The maximum absolute atomic E-state index is 14.2. The van der Waals surface area contributed by atoms with E-state index in [0.29, 0.717) is 17.1 Å². The zero-order chi connectivity index (χ0) is 29.6. The van der Waals surface area contributed by atoms with Crippen molar-refractivity contribution in [3.05, 3.63) is 94.5 Å². The molecule has 2 amide bonds. The van der Waals surface area contributed by atoms with Crippen LogP contribution < -0.4 is 9.62 Å². The minimum absolute atomic E-state index is 0.0854. The van der Waals surface area contributed by atoms with Gasteiger partial charge in [-0.15, -0.1) is 0 Å². The van der Waals surface area contributed by atoms with E-state index < -0.39 is 28.5 Å². The zero-order valence-corrected chi connectivity index (χ0v) is 25.4. The average molecular weight is 596 g/mol. The molecule has 0 aliphatic heterocycles. The third-order valence-corrected chi connectivity index (χ3v) is 9.50. The van der Waals surface area contributed by atoms with Crippen LogP contribution in [0.1, 0.15) is 55.7 Å². The molecule has 1 N–H and O–H groups in total. The SMILES string of the molecule is CC[C@H](C(=O)NC1CCCC1)N(Cc1ccc(Cl)cc1)C(=O)CN(c1cc(C)cc(C)c1)S(=O)(=O)c1ccccc1. The lowest BCUT2D eigenvalue weighted by Gasteiger charge is -2.34. The highest BCUT2D eigenvalue weighted by Gasteiger charge is 2.34. The summed E-state index contributed by atoms with van der Waals surface area (Å²) in [6.45, 7) is 5.32. The highest BCUT2D eigenvalue weighted by atomic mass is 35.5. The largest absolute Gasteiger partial charge is 0.352 e. The summed E-state index contributed by atoms with van der Waals surface area (Å²) in [6.07, 6.45) is 4.35. The van der Waals surface area contributed by atoms with Gasteiger partial charge in [-0.2, -0.15) is 0 Å². The number of carbonyl (C=O) groups is 2. The second-order valence-electron chi connectivity index (χ2n) is 10.7. The van der Waals surface area contributed by atoms with Crippen molar-refractivity contribution >= 4 is 39.1 Å². The van der Waals surface area contributed by atoms with Crippen molar-refractivity contribution in [3.8, 4) is 0 Å². The summed E-state index contributed by atoms with van der Waals surface area (Å²) >= 11 is 6.10. The molecule has 3 aromatic carbocycles. The lowest BCUT2D eigenvalue weighted by Crippen LogP contribution is -2.53. The molecule has 9 heteroatoms. The van der Waals surface area contributed by atoms with E-state index in [1.54, 1.807) is 42.5 Å². The Morgan fingerprint density at radius 1 is 0.951 bits per heavy atom. The number of carbonyl (C=O) groups excluding carboxylic acids is 2. The molecule has 1 saturated carbocycles. The molecule has 0 radical (unpaired) electrons. The molecule has 1 aliphatic carbocycles. The zero-order valence-electron chi connectivity index (χ0n) is 23.8. The van der Waals surface area contributed by atoms with Crippen LogP contribution in [0, 0.1) is 13.8 Å². The Morgan fingerprint density at radius 3 is 2.15 bits per heavy atom. The van der Waals surface area contributed by atoms with E-state index in [1.165, 1.54) is 17.0 Å². The Morgan fingerprint density at radius 2 is 1.56 bits per heavy atom. The number of nitrogens with one attached hydrogen (secondary N) is 1. The molecule has 7 nitrogen and oxygen atoms in total. The van der Waals surface area contributed by atoms with Crippen molar-refractivity contribution in [2.75, 3.05) is 10.8 Å². The van der Waals surface area contributed by atoms with Crippen LogP contribution in [0.15, 0.2) is 77.7 Å². The van der Waals surface area contributed by atoms with E-state index in [4.69, 9.17) is 11.6 Å². The van der Waals surface area contributed by atoms with Crippen LogP contribution in [-0.4, -0.2) is 43.8 Å². The predicted octanol–water partition coefficient (Wildman–Crippen LogP) is 6.02. The number of anilines is 1. The van der Waals surface area contributed by atoms with Crippen LogP contribution in [0.4, 0.5) is 5.69 Å². The first kappa shape index (κ1) is 30.6. The minimum Gasteiger partial charge on any atom is -0.352 e. The quantitative estimate of drug-likeness (QED) is 0.294. The topological polar surface area (TPSA) is 86.8 Å². The molecule has 1 fully saturated rings. The van der Waals surface area contributed by atoms with Crippen molar-refractivity contribution in [1.82, 2.24) is 10.2 Å². The molecule has 218 valence electrons. The Kier molecular flexibility index (Phi) is 10.1. The van der Waals surface area contributed by atoms with Crippen molar-refractivity contribution < 1.29 is 18.0 Å². The summed E-state index contributed by atoms with van der Waals surface area (Å²) in [5.41, 5.74) is 2.94. The van der Waals surface area contributed by atoms with Crippen molar-refractivity contribution in [3.63, 3.8) is 0 Å². The molecule has 0 aromatic heterocycles. The van der Waals surface area contributed by atoms with Gasteiger partial charge in [-0.05, 0) is 86.2 Å². The lowest BCUT2D eigenvalue weighted by atomic mass is 10.1. The maximum atomic E-state index is 14.2. The fraction of sp³-hybridized carbons (Fsp3) is 0.375. The van der Waals surface area contributed by atoms with Gasteiger partial charge >= 0.3 is 0 Å². The predicted molar refractivity (Wildman–Crippen MR) is 163 cm³/mol. The number of sulfonamides is 1. The molecule has 41 heavy (non-hydrogen) atoms. The van der Waals surface area contributed by atoms with Gasteiger partial charge in [0.1, 0.15) is 12.6 Å².